The monoisotopic (exact) mass is 530 g/mol. The molecule has 1 amide bonds. The molecule has 1 saturated heterocycles. The topological polar surface area (TPSA) is 70.3 Å². The molecule has 7 nitrogen and oxygen atoms in total. The van der Waals surface area contributed by atoms with Gasteiger partial charge in [0.15, 0.2) is 11.7 Å². The molecule has 1 aromatic carbocycles. The highest BCUT2D eigenvalue weighted by Gasteiger charge is 2.25. The van der Waals surface area contributed by atoms with E-state index >= 15 is 0 Å². The Hall–Kier alpha value is -2.30. The van der Waals surface area contributed by atoms with E-state index in [0.29, 0.717) is 44.2 Å². The summed E-state index contributed by atoms with van der Waals surface area (Å²) >= 11 is 0. The summed E-state index contributed by atoms with van der Waals surface area (Å²) in [4.78, 5) is 21.0. The molecule has 0 radical (unpaired) electrons. The molecule has 0 bridgehead atoms. The first-order chi connectivity index (χ1) is 14.1. The third-order valence-electron chi connectivity index (χ3n) is 4.58. The molecule has 1 aliphatic rings. The minimum Gasteiger partial charge on any atom is -0.489 e. The van der Waals surface area contributed by atoms with Gasteiger partial charge >= 0.3 is 0 Å². The Balaban J connectivity index is 0.00000320. The van der Waals surface area contributed by atoms with E-state index in [4.69, 9.17) is 9.15 Å². The zero-order valence-corrected chi connectivity index (χ0v) is 19.5. The normalized spacial score (nSPS) is 15.4. The number of nitrogens with one attached hydrogen (secondary N) is 1. The highest BCUT2D eigenvalue weighted by atomic mass is 127. The van der Waals surface area contributed by atoms with Crippen molar-refractivity contribution in [3.05, 3.63) is 54.2 Å². The number of furan rings is 1. The lowest BCUT2D eigenvalue weighted by atomic mass is 10.3. The van der Waals surface area contributed by atoms with E-state index in [0.717, 1.165) is 12.5 Å². The van der Waals surface area contributed by atoms with Crippen LogP contribution in [0.2, 0.25) is 0 Å². The maximum atomic E-state index is 13.0. The van der Waals surface area contributed by atoms with Gasteiger partial charge < -0.3 is 24.3 Å². The Labute approximate surface area is 193 Å². The molecule has 0 saturated carbocycles. The molecule has 3 rings (SSSR count). The first-order valence-electron chi connectivity index (χ1n) is 9.85. The van der Waals surface area contributed by atoms with E-state index < -0.39 is 0 Å². The van der Waals surface area contributed by atoms with Crippen molar-refractivity contribution in [2.75, 3.05) is 39.3 Å². The number of carbonyl (C=O) groups is 1. The average Bonchev–Trinajstić information content (AvgIpc) is 3.27. The van der Waals surface area contributed by atoms with Crippen LogP contribution in [-0.2, 0) is 0 Å². The average molecular weight is 530 g/mol. The van der Waals surface area contributed by atoms with Crippen molar-refractivity contribution in [3.8, 4) is 5.75 Å². The van der Waals surface area contributed by atoms with Crippen LogP contribution in [0, 0.1) is 5.82 Å². The van der Waals surface area contributed by atoms with Gasteiger partial charge in [-0.25, -0.2) is 9.38 Å². The van der Waals surface area contributed by atoms with Crippen LogP contribution in [0.4, 0.5) is 4.39 Å². The minimum absolute atomic E-state index is 0. The SMILES string of the molecule is CCNC(=NCC(C)Oc1ccc(F)cc1)N1CCN(C(=O)c2ccco2)CC1.I. The quantitative estimate of drug-likeness (QED) is 0.353. The van der Waals surface area contributed by atoms with Crippen LogP contribution >= 0.6 is 24.0 Å². The Bertz CT molecular complexity index is 806. The van der Waals surface area contributed by atoms with E-state index in [1.54, 1.807) is 29.2 Å². The molecular formula is C21H28FIN4O3. The first kappa shape index (κ1) is 24.0. The van der Waals surface area contributed by atoms with E-state index in [9.17, 15) is 9.18 Å². The van der Waals surface area contributed by atoms with Crippen molar-refractivity contribution < 1.29 is 18.3 Å². The summed E-state index contributed by atoms with van der Waals surface area (Å²) < 4.78 is 24.0. The molecular weight excluding hydrogens is 502 g/mol. The zero-order chi connectivity index (χ0) is 20.6. The number of halogens is 2. The third kappa shape index (κ3) is 6.61. The van der Waals surface area contributed by atoms with Crippen molar-refractivity contribution in [1.29, 1.82) is 0 Å². The molecule has 1 fully saturated rings. The Kier molecular flexibility index (Phi) is 9.41. The molecule has 0 aliphatic carbocycles. The number of hydrogen-bond donors (Lipinski definition) is 1. The maximum absolute atomic E-state index is 13.0. The number of carbonyl (C=O) groups excluding carboxylic acids is 1. The molecule has 9 heteroatoms. The van der Waals surface area contributed by atoms with Crippen LogP contribution in [0.15, 0.2) is 52.1 Å². The Morgan fingerprint density at radius 1 is 1.20 bits per heavy atom. The number of amides is 1. The van der Waals surface area contributed by atoms with Gasteiger partial charge in [-0.1, -0.05) is 0 Å². The summed E-state index contributed by atoms with van der Waals surface area (Å²) in [7, 11) is 0. The Morgan fingerprint density at radius 3 is 2.47 bits per heavy atom. The smallest absolute Gasteiger partial charge is 0.289 e. The van der Waals surface area contributed by atoms with Gasteiger partial charge in [0.1, 0.15) is 17.7 Å². The van der Waals surface area contributed by atoms with E-state index in [1.807, 2.05) is 13.8 Å². The molecule has 164 valence electrons. The van der Waals surface area contributed by atoms with Crippen molar-refractivity contribution in [2.24, 2.45) is 4.99 Å². The summed E-state index contributed by atoms with van der Waals surface area (Å²) in [5.41, 5.74) is 0. The molecule has 1 aliphatic heterocycles. The molecule has 1 atom stereocenters. The van der Waals surface area contributed by atoms with Gasteiger partial charge in [-0.3, -0.25) is 4.79 Å². The fraction of sp³-hybridized carbons (Fsp3) is 0.429. The van der Waals surface area contributed by atoms with Gasteiger partial charge in [0, 0.05) is 32.7 Å². The summed E-state index contributed by atoms with van der Waals surface area (Å²) in [5, 5.41) is 3.30. The van der Waals surface area contributed by atoms with Crippen LogP contribution < -0.4 is 10.1 Å². The minimum atomic E-state index is -0.290. The highest BCUT2D eigenvalue weighted by molar-refractivity contribution is 14.0. The van der Waals surface area contributed by atoms with Gasteiger partial charge in [-0.15, -0.1) is 24.0 Å². The highest BCUT2D eigenvalue weighted by Crippen LogP contribution is 2.13. The fourth-order valence-electron chi connectivity index (χ4n) is 3.10. The number of ether oxygens (including phenoxy) is 1. The lowest BCUT2D eigenvalue weighted by Gasteiger charge is -2.36. The lowest BCUT2D eigenvalue weighted by molar-refractivity contribution is 0.0657. The summed E-state index contributed by atoms with van der Waals surface area (Å²) in [6.07, 6.45) is 1.35. The predicted octanol–water partition coefficient (Wildman–Crippen LogP) is 3.23. The maximum Gasteiger partial charge on any atom is 0.289 e. The molecule has 1 N–H and O–H groups in total. The van der Waals surface area contributed by atoms with Crippen LogP contribution in [0.3, 0.4) is 0 Å². The van der Waals surface area contributed by atoms with Gasteiger partial charge in [-0.2, -0.15) is 0 Å². The molecule has 2 aromatic rings. The number of aliphatic imine (C=N–C) groups is 1. The summed E-state index contributed by atoms with van der Waals surface area (Å²) in [6.45, 7) is 7.73. The number of piperazine rings is 1. The largest absolute Gasteiger partial charge is 0.489 e. The van der Waals surface area contributed by atoms with Crippen LogP contribution in [0.1, 0.15) is 24.4 Å². The van der Waals surface area contributed by atoms with Gasteiger partial charge in [-0.05, 0) is 50.2 Å². The van der Waals surface area contributed by atoms with E-state index in [1.165, 1.54) is 18.4 Å². The molecule has 30 heavy (non-hydrogen) atoms. The van der Waals surface area contributed by atoms with Crippen LogP contribution in [0.25, 0.3) is 0 Å². The second kappa shape index (κ2) is 11.8. The van der Waals surface area contributed by atoms with Crippen molar-refractivity contribution in [1.82, 2.24) is 15.1 Å². The number of nitrogens with zero attached hydrogens (tertiary/aromatic N) is 3. The van der Waals surface area contributed by atoms with Crippen molar-refractivity contribution in [3.63, 3.8) is 0 Å². The van der Waals surface area contributed by atoms with Crippen molar-refractivity contribution in [2.45, 2.75) is 20.0 Å². The van der Waals surface area contributed by atoms with Crippen LogP contribution in [0.5, 0.6) is 5.75 Å². The van der Waals surface area contributed by atoms with Gasteiger partial charge in [0.05, 0.1) is 12.8 Å². The summed E-state index contributed by atoms with van der Waals surface area (Å²) in [5.74, 6) is 1.40. The van der Waals surface area contributed by atoms with Crippen LogP contribution in [-0.4, -0.2) is 67.0 Å². The summed E-state index contributed by atoms with van der Waals surface area (Å²) in [6, 6.07) is 9.36. The van der Waals surface area contributed by atoms with E-state index in [2.05, 4.69) is 15.2 Å². The number of hydrogen-bond acceptors (Lipinski definition) is 4. The standard InChI is InChI=1S/C21H27FN4O3.HI/c1-3-23-21(24-15-16(2)29-18-8-6-17(22)7-9-18)26-12-10-25(11-13-26)20(27)19-5-4-14-28-19;/h4-9,14,16H,3,10-13,15H2,1-2H3,(H,23,24);1H. The molecule has 0 spiro atoms. The number of benzene rings is 1. The first-order valence-corrected chi connectivity index (χ1v) is 9.85. The fourth-order valence-corrected chi connectivity index (χ4v) is 3.10. The molecule has 1 unspecified atom stereocenters. The van der Waals surface area contributed by atoms with Gasteiger partial charge in [0.2, 0.25) is 0 Å². The lowest BCUT2D eigenvalue weighted by Crippen LogP contribution is -2.53. The third-order valence-corrected chi connectivity index (χ3v) is 4.58. The van der Waals surface area contributed by atoms with Gasteiger partial charge in [0.25, 0.3) is 5.91 Å². The van der Waals surface area contributed by atoms with Crippen molar-refractivity contribution >= 4 is 35.8 Å². The molecule has 1 aromatic heterocycles. The second-order valence-corrected chi connectivity index (χ2v) is 6.83. The van der Waals surface area contributed by atoms with E-state index in [-0.39, 0.29) is 41.8 Å². The second-order valence-electron chi connectivity index (χ2n) is 6.83. The Morgan fingerprint density at radius 2 is 1.87 bits per heavy atom. The number of rotatable bonds is 6. The predicted molar refractivity (Wildman–Crippen MR) is 124 cm³/mol. The zero-order valence-electron chi connectivity index (χ0n) is 17.2. The number of guanidine groups is 1. The molecule has 2 heterocycles.